The lowest BCUT2D eigenvalue weighted by Gasteiger charge is -2.19. The zero-order valence-electron chi connectivity index (χ0n) is 11.4. The number of carbonyl (C=O) groups is 1. The Hall–Kier alpha value is -0.620. The van der Waals surface area contributed by atoms with E-state index in [1.165, 1.54) is 6.26 Å². The first-order chi connectivity index (χ1) is 8.32. The summed E-state index contributed by atoms with van der Waals surface area (Å²) >= 11 is 0. The van der Waals surface area contributed by atoms with Gasteiger partial charge in [0.1, 0.15) is 0 Å². The predicted octanol–water partition coefficient (Wildman–Crippen LogP) is 0.314. The molecule has 1 fully saturated rings. The van der Waals surface area contributed by atoms with Crippen LogP contribution in [-0.2, 0) is 14.6 Å². The second-order valence-electron chi connectivity index (χ2n) is 5.31. The van der Waals surface area contributed by atoms with E-state index in [-0.39, 0.29) is 23.1 Å². The van der Waals surface area contributed by atoms with Crippen molar-refractivity contribution in [3.8, 4) is 0 Å². The Morgan fingerprint density at radius 3 is 2.50 bits per heavy atom. The first-order valence-electron chi connectivity index (χ1n) is 6.52. The van der Waals surface area contributed by atoms with Crippen molar-refractivity contribution in [2.45, 2.75) is 44.4 Å². The summed E-state index contributed by atoms with van der Waals surface area (Å²) in [5, 5.41) is 5.78. The number of hydrogen-bond donors (Lipinski definition) is 2. The van der Waals surface area contributed by atoms with E-state index < -0.39 is 9.84 Å². The van der Waals surface area contributed by atoms with Gasteiger partial charge in [-0.05, 0) is 12.8 Å². The summed E-state index contributed by atoms with van der Waals surface area (Å²) in [7, 11) is -2.97. The van der Waals surface area contributed by atoms with E-state index in [9.17, 15) is 13.2 Å². The minimum Gasteiger partial charge on any atom is -0.355 e. The third kappa shape index (κ3) is 4.57. The molecule has 0 spiro atoms. The highest BCUT2D eigenvalue weighted by atomic mass is 32.2. The maximum Gasteiger partial charge on any atom is 0.222 e. The van der Waals surface area contributed by atoms with Crippen molar-refractivity contribution in [2.24, 2.45) is 5.92 Å². The van der Waals surface area contributed by atoms with Crippen LogP contribution in [0.4, 0.5) is 0 Å². The van der Waals surface area contributed by atoms with E-state index in [1.807, 2.05) is 13.8 Å². The fraction of sp³-hybridized carbons (Fsp3) is 0.917. The van der Waals surface area contributed by atoms with E-state index >= 15 is 0 Å². The van der Waals surface area contributed by atoms with Gasteiger partial charge in [-0.1, -0.05) is 20.3 Å². The molecule has 1 rings (SSSR count). The van der Waals surface area contributed by atoms with E-state index in [0.29, 0.717) is 13.1 Å². The van der Waals surface area contributed by atoms with Crippen LogP contribution in [0, 0.1) is 5.92 Å². The standard InChI is InChI=1S/C12H24N2O3S/c1-9(2)12(15)14-8-7-13-10-5-4-6-11(10)18(3,16)17/h9-11,13H,4-8H2,1-3H3,(H,14,15). The van der Waals surface area contributed by atoms with Crippen molar-refractivity contribution >= 4 is 15.7 Å². The summed E-state index contributed by atoms with van der Waals surface area (Å²) in [5.74, 6) is 0.0168. The topological polar surface area (TPSA) is 75.3 Å². The molecule has 6 heteroatoms. The molecule has 2 unspecified atom stereocenters. The van der Waals surface area contributed by atoms with Crippen LogP contribution in [0.15, 0.2) is 0 Å². The van der Waals surface area contributed by atoms with Crippen molar-refractivity contribution in [3.63, 3.8) is 0 Å². The fourth-order valence-corrected chi connectivity index (χ4v) is 3.74. The zero-order chi connectivity index (χ0) is 13.8. The first kappa shape index (κ1) is 15.4. The summed E-state index contributed by atoms with van der Waals surface area (Å²) in [6.45, 7) is 4.86. The Kier molecular flexibility index (Phi) is 5.59. The van der Waals surface area contributed by atoms with E-state index in [0.717, 1.165) is 19.3 Å². The van der Waals surface area contributed by atoms with Gasteiger partial charge in [0.15, 0.2) is 9.84 Å². The lowest BCUT2D eigenvalue weighted by molar-refractivity contribution is -0.123. The highest BCUT2D eigenvalue weighted by Gasteiger charge is 2.34. The predicted molar refractivity (Wildman–Crippen MR) is 72.1 cm³/mol. The van der Waals surface area contributed by atoms with E-state index in [2.05, 4.69) is 10.6 Å². The van der Waals surface area contributed by atoms with Crippen LogP contribution in [0.2, 0.25) is 0 Å². The quantitative estimate of drug-likeness (QED) is 0.685. The molecule has 18 heavy (non-hydrogen) atoms. The van der Waals surface area contributed by atoms with Gasteiger partial charge in [0, 0.05) is 31.3 Å². The molecule has 2 N–H and O–H groups in total. The monoisotopic (exact) mass is 276 g/mol. The van der Waals surface area contributed by atoms with Gasteiger partial charge in [-0.15, -0.1) is 0 Å². The molecule has 1 amide bonds. The number of hydrogen-bond acceptors (Lipinski definition) is 4. The number of sulfone groups is 1. The van der Waals surface area contributed by atoms with Gasteiger partial charge in [-0.2, -0.15) is 0 Å². The van der Waals surface area contributed by atoms with Crippen molar-refractivity contribution in [1.29, 1.82) is 0 Å². The molecule has 0 aromatic rings. The van der Waals surface area contributed by atoms with Crippen molar-refractivity contribution < 1.29 is 13.2 Å². The number of carbonyl (C=O) groups excluding carboxylic acids is 1. The number of nitrogens with one attached hydrogen (secondary N) is 2. The molecule has 0 heterocycles. The van der Waals surface area contributed by atoms with Crippen LogP contribution in [-0.4, -0.2) is 45.0 Å². The van der Waals surface area contributed by atoms with Gasteiger partial charge in [0.05, 0.1) is 5.25 Å². The number of amides is 1. The molecule has 1 aliphatic carbocycles. The van der Waals surface area contributed by atoms with Crippen LogP contribution >= 0.6 is 0 Å². The van der Waals surface area contributed by atoms with Gasteiger partial charge < -0.3 is 10.6 Å². The van der Waals surface area contributed by atoms with Gasteiger partial charge in [0.25, 0.3) is 0 Å². The Labute approximate surface area is 110 Å². The molecule has 2 atom stereocenters. The average molecular weight is 276 g/mol. The summed E-state index contributed by atoms with van der Waals surface area (Å²) in [5.41, 5.74) is 0. The van der Waals surface area contributed by atoms with Crippen LogP contribution < -0.4 is 10.6 Å². The largest absolute Gasteiger partial charge is 0.355 e. The van der Waals surface area contributed by atoms with Crippen molar-refractivity contribution in [2.75, 3.05) is 19.3 Å². The summed E-state index contributed by atoms with van der Waals surface area (Å²) < 4.78 is 23.1. The Balaban J connectivity index is 2.29. The first-order valence-corrected chi connectivity index (χ1v) is 8.47. The third-order valence-electron chi connectivity index (χ3n) is 3.36. The molecule has 0 aromatic heterocycles. The number of rotatable bonds is 6. The zero-order valence-corrected chi connectivity index (χ0v) is 12.2. The molecule has 5 nitrogen and oxygen atoms in total. The van der Waals surface area contributed by atoms with Crippen LogP contribution in [0.3, 0.4) is 0 Å². The molecule has 0 aliphatic heterocycles. The Bertz CT molecular complexity index is 379. The molecule has 0 saturated heterocycles. The van der Waals surface area contributed by atoms with Crippen molar-refractivity contribution in [1.82, 2.24) is 10.6 Å². The SMILES string of the molecule is CC(C)C(=O)NCCNC1CCCC1S(C)(=O)=O. The van der Waals surface area contributed by atoms with Crippen LogP contribution in [0.25, 0.3) is 0 Å². The molecule has 106 valence electrons. The minimum absolute atomic E-state index is 0.0137. The second-order valence-corrected chi connectivity index (χ2v) is 7.57. The molecular weight excluding hydrogens is 252 g/mol. The van der Waals surface area contributed by atoms with E-state index in [1.54, 1.807) is 0 Å². The van der Waals surface area contributed by atoms with Gasteiger partial charge in [0.2, 0.25) is 5.91 Å². The molecular formula is C12H24N2O3S. The molecule has 1 aliphatic rings. The molecule has 0 bridgehead atoms. The Morgan fingerprint density at radius 1 is 1.28 bits per heavy atom. The highest BCUT2D eigenvalue weighted by Crippen LogP contribution is 2.24. The lowest BCUT2D eigenvalue weighted by Crippen LogP contribution is -2.43. The maximum atomic E-state index is 11.6. The molecule has 1 saturated carbocycles. The summed E-state index contributed by atoms with van der Waals surface area (Å²) in [6.07, 6.45) is 3.90. The van der Waals surface area contributed by atoms with Crippen LogP contribution in [0.5, 0.6) is 0 Å². The fourth-order valence-electron chi connectivity index (χ4n) is 2.32. The molecule has 0 radical (unpaired) electrons. The average Bonchev–Trinajstić information content (AvgIpc) is 2.71. The smallest absolute Gasteiger partial charge is 0.222 e. The summed E-state index contributed by atoms with van der Waals surface area (Å²) in [6, 6.07) is 0.0379. The third-order valence-corrected chi connectivity index (χ3v) is 5.02. The van der Waals surface area contributed by atoms with Crippen LogP contribution in [0.1, 0.15) is 33.1 Å². The van der Waals surface area contributed by atoms with Crippen molar-refractivity contribution in [3.05, 3.63) is 0 Å². The van der Waals surface area contributed by atoms with E-state index in [4.69, 9.17) is 0 Å². The second kappa shape index (κ2) is 6.52. The minimum atomic E-state index is -2.97. The van der Waals surface area contributed by atoms with Gasteiger partial charge in [-0.3, -0.25) is 4.79 Å². The lowest BCUT2D eigenvalue weighted by atomic mass is 10.2. The van der Waals surface area contributed by atoms with Gasteiger partial charge >= 0.3 is 0 Å². The normalized spacial score (nSPS) is 24.4. The van der Waals surface area contributed by atoms with Gasteiger partial charge in [-0.25, -0.2) is 8.42 Å². The highest BCUT2D eigenvalue weighted by molar-refractivity contribution is 7.91. The maximum absolute atomic E-state index is 11.6. The molecule has 0 aromatic carbocycles. The summed E-state index contributed by atoms with van der Waals surface area (Å²) in [4.78, 5) is 11.3. The Morgan fingerprint density at radius 2 is 1.94 bits per heavy atom.